The minimum atomic E-state index is -1.04. The van der Waals surface area contributed by atoms with Crippen molar-refractivity contribution >= 4 is 17.5 Å². The number of nitrogens with zero attached hydrogens (tertiary/aromatic N) is 2. The number of carboxylic acids is 1. The molecule has 98 valence electrons. The third kappa shape index (κ3) is 2.53. The molecule has 0 bridgehead atoms. The van der Waals surface area contributed by atoms with E-state index in [2.05, 4.69) is 4.98 Å². The number of nitrogens with two attached hydrogens (primary N) is 1. The first-order chi connectivity index (χ1) is 8.39. The summed E-state index contributed by atoms with van der Waals surface area (Å²) in [5, 5.41) is 19.0. The number of aromatic carboxylic acids is 1. The summed E-state index contributed by atoms with van der Waals surface area (Å²) in [6.45, 7) is 2.97. The van der Waals surface area contributed by atoms with Gasteiger partial charge in [-0.15, -0.1) is 0 Å². The molecule has 0 atom stereocenters. The molecular formula is C12H17N3O3. The monoisotopic (exact) mass is 251 g/mol. The molecule has 1 aliphatic heterocycles. The van der Waals surface area contributed by atoms with Gasteiger partial charge >= 0.3 is 5.97 Å². The Hall–Kier alpha value is -1.82. The number of aromatic nitrogens is 1. The SMILES string of the molecule is CC1(O)CCN(c2ncc(N)cc2C(=O)O)CC1. The van der Waals surface area contributed by atoms with Crippen LogP contribution in [-0.4, -0.2) is 39.9 Å². The van der Waals surface area contributed by atoms with Gasteiger partial charge in [0.2, 0.25) is 0 Å². The molecule has 6 heteroatoms. The van der Waals surface area contributed by atoms with E-state index in [9.17, 15) is 9.90 Å². The van der Waals surface area contributed by atoms with Crippen LogP contribution in [0.2, 0.25) is 0 Å². The summed E-state index contributed by atoms with van der Waals surface area (Å²) >= 11 is 0. The molecule has 6 nitrogen and oxygen atoms in total. The van der Waals surface area contributed by atoms with Crippen LogP contribution in [0.4, 0.5) is 11.5 Å². The van der Waals surface area contributed by atoms with Crippen molar-refractivity contribution < 1.29 is 15.0 Å². The van der Waals surface area contributed by atoms with Crippen molar-refractivity contribution in [3.8, 4) is 0 Å². The Kier molecular flexibility index (Phi) is 3.13. The number of carbonyl (C=O) groups is 1. The molecule has 1 aliphatic rings. The lowest BCUT2D eigenvalue weighted by molar-refractivity contribution is 0.0350. The van der Waals surface area contributed by atoms with Crippen LogP contribution in [0.15, 0.2) is 12.3 Å². The first-order valence-electron chi connectivity index (χ1n) is 5.85. The summed E-state index contributed by atoms with van der Waals surface area (Å²) in [5.74, 6) is -0.616. The molecule has 4 N–H and O–H groups in total. The first kappa shape index (κ1) is 12.6. The normalized spacial score (nSPS) is 18.7. The van der Waals surface area contributed by atoms with Crippen LogP contribution < -0.4 is 10.6 Å². The fourth-order valence-electron chi connectivity index (χ4n) is 2.08. The lowest BCUT2D eigenvalue weighted by Gasteiger charge is -2.36. The smallest absolute Gasteiger partial charge is 0.339 e. The van der Waals surface area contributed by atoms with Gasteiger partial charge in [-0.05, 0) is 25.8 Å². The van der Waals surface area contributed by atoms with Gasteiger partial charge in [0.15, 0.2) is 0 Å². The Bertz CT molecular complexity index is 464. The molecule has 0 saturated carbocycles. The van der Waals surface area contributed by atoms with Crippen LogP contribution in [0.3, 0.4) is 0 Å². The summed E-state index contributed by atoms with van der Waals surface area (Å²) in [6, 6.07) is 1.41. The van der Waals surface area contributed by atoms with Crippen LogP contribution in [0.5, 0.6) is 0 Å². The van der Waals surface area contributed by atoms with E-state index >= 15 is 0 Å². The molecule has 0 aromatic carbocycles. The Morgan fingerprint density at radius 2 is 2.11 bits per heavy atom. The second-order valence-corrected chi connectivity index (χ2v) is 4.93. The largest absolute Gasteiger partial charge is 0.478 e. The maximum Gasteiger partial charge on any atom is 0.339 e. The van der Waals surface area contributed by atoms with E-state index in [0.29, 0.717) is 37.4 Å². The molecule has 0 aliphatic carbocycles. The standard InChI is InChI=1S/C12H17N3O3/c1-12(18)2-4-15(5-3-12)10-9(11(16)17)6-8(13)7-14-10/h6-7,18H,2-5,13H2,1H3,(H,16,17). The molecule has 2 rings (SSSR count). The van der Waals surface area contributed by atoms with Gasteiger partial charge in [-0.3, -0.25) is 0 Å². The second-order valence-electron chi connectivity index (χ2n) is 4.93. The predicted octanol–water partition coefficient (Wildman–Crippen LogP) is 0.713. The third-order valence-electron chi connectivity index (χ3n) is 3.26. The highest BCUT2D eigenvalue weighted by Crippen LogP contribution is 2.27. The van der Waals surface area contributed by atoms with Crippen LogP contribution in [0, 0.1) is 0 Å². The quantitative estimate of drug-likeness (QED) is 0.716. The van der Waals surface area contributed by atoms with Crippen molar-refractivity contribution in [1.82, 2.24) is 4.98 Å². The van der Waals surface area contributed by atoms with Gasteiger partial charge in [-0.25, -0.2) is 9.78 Å². The number of piperidine rings is 1. The van der Waals surface area contributed by atoms with E-state index in [4.69, 9.17) is 10.8 Å². The predicted molar refractivity (Wildman–Crippen MR) is 67.7 cm³/mol. The minimum absolute atomic E-state index is 0.108. The average molecular weight is 251 g/mol. The molecular weight excluding hydrogens is 234 g/mol. The number of aliphatic hydroxyl groups is 1. The third-order valence-corrected chi connectivity index (χ3v) is 3.26. The number of hydrogen-bond acceptors (Lipinski definition) is 5. The molecule has 1 fully saturated rings. The van der Waals surface area contributed by atoms with E-state index < -0.39 is 11.6 Å². The van der Waals surface area contributed by atoms with Gasteiger partial charge in [0, 0.05) is 13.1 Å². The van der Waals surface area contributed by atoms with Crippen LogP contribution >= 0.6 is 0 Å². The zero-order valence-electron chi connectivity index (χ0n) is 10.3. The molecule has 0 amide bonds. The van der Waals surface area contributed by atoms with E-state index in [1.54, 1.807) is 6.92 Å². The van der Waals surface area contributed by atoms with Crippen molar-refractivity contribution in [2.24, 2.45) is 0 Å². The number of nitrogen functional groups attached to an aromatic ring is 1. The topological polar surface area (TPSA) is 99.7 Å². The summed E-state index contributed by atoms with van der Waals surface area (Å²) in [4.78, 5) is 17.2. The second kappa shape index (κ2) is 4.45. The molecule has 1 aromatic heterocycles. The molecule has 0 unspecified atom stereocenters. The van der Waals surface area contributed by atoms with Gasteiger partial charge in [0.25, 0.3) is 0 Å². The van der Waals surface area contributed by atoms with Gasteiger partial charge in [0.05, 0.1) is 17.5 Å². The van der Waals surface area contributed by atoms with Gasteiger partial charge in [-0.2, -0.15) is 0 Å². The molecule has 18 heavy (non-hydrogen) atoms. The Balaban J connectivity index is 2.26. The lowest BCUT2D eigenvalue weighted by atomic mass is 9.93. The number of anilines is 2. The van der Waals surface area contributed by atoms with Gasteiger partial charge in [-0.1, -0.05) is 0 Å². The highest BCUT2D eigenvalue weighted by atomic mass is 16.4. The Labute approximate surface area is 105 Å². The minimum Gasteiger partial charge on any atom is -0.478 e. The highest BCUT2D eigenvalue weighted by molar-refractivity contribution is 5.94. The molecule has 0 spiro atoms. The zero-order valence-corrected chi connectivity index (χ0v) is 10.3. The van der Waals surface area contributed by atoms with E-state index in [0.717, 1.165) is 0 Å². The number of hydrogen-bond donors (Lipinski definition) is 3. The maximum atomic E-state index is 11.2. The Morgan fingerprint density at radius 1 is 1.50 bits per heavy atom. The average Bonchev–Trinajstić information content (AvgIpc) is 2.29. The number of rotatable bonds is 2. The van der Waals surface area contributed by atoms with E-state index in [1.807, 2.05) is 4.90 Å². The van der Waals surface area contributed by atoms with Crippen LogP contribution in [0.25, 0.3) is 0 Å². The van der Waals surface area contributed by atoms with Crippen molar-refractivity contribution in [3.05, 3.63) is 17.8 Å². The Morgan fingerprint density at radius 3 is 2.67 bits per heavy atom. The summed E-state index contributed by atoms with van der Waals surface area (Å²) in [5.41, 5.74) is 5.32. The first-order valence-corrected chi connectivity index (χ1v) is 5.85. The zero-order chi connectivity index (χ0) is 13.3. The fraction of sp³-hybridized carbons (Fsp3) is 0.500. The van der Waals surface area contributed by atoms with Crippen molar-refractivity contribution in [2.75, 3.05) is 23.7 Å². The van der Waals surface area contributed by atoms with E-state index in [1.165, 1.54) is 12.3 Å². The summed E-state index contributed by atoms with van der Waals surface area (Å²) in [7, 11) is 0. The lowest BCUT2D eigenvalue weighted by Crippen LogP contribution is -2.43. The molecule has 0 radical (unpaired) electrons. The number of pyridine rings is 1. The fourth-order valence-corrected chi connectivity index (χ4v) is 2.08. The van der Waals surface area contributed by atoms with Crippen molar-refractivity contribution in [3.63, 3.8) is 0 Å². The highest BCUT2D eigenvalue weighted by Gasteiger charge is 2.29. The van der Waals surface area contributed by atoms with Crippen LogP contribution in [-0.2, 0) is 0 Å². The summed E-state index contributed by atoms with van der Waals surface area (Å²) in [6.07, 6.45) is 2.64. The number of carboxylic acid groups (broad SMARTS) is 1. The maximum absolute atomic E-state index is 11.2. The molecule has 1 saturated heterocycles. The van der Waals surface area contributed by atoms with Gasteiger partial charge < -0.3 is 20.8 Å². The summed E-state index contributed by atoms with van der Waals surface area (Å²) < 4.78 is 0. The van der Waals surface area contributed by atoms with Crippen LogP contribution in [0.1, 0.15) is 30.1 Å². The molecule has 1 aromatic rings. The molecule has 2 heterocycles. The van der Waals surface area contributed by atoms with Crippen molar-refractivity contribution in [2.45, 2.75) is 25.4 Å². The van der Waals surface area contributed by atoms with Gasteiger partial charge in [0.1, 0.15) is 11.4 Å². The van der Waals surface area contributed by atoms with Crippen molar-refractivity contribution in [1.29, 1.82) is 0 Å². The van der Waals surface area contributed by atoms with E-state index in [-0.39, 0.29) is 5.56 Å².